The van der Waals surface area contributed by atoms with Gasteiger partial charge in [0.1, 0.15) is 0 Å². The number of aryl methyl sites for hydroxylation is 1. The number of benzene rings is 2. The molecule has 25 heavy (non-hydrogen) atoms. The van der Waals surface area contributed by atoms with Gasteiger partial charge in [-0.15, -0.1) is 10.2 Å². The third-order valence-corrected chi connectivity index (χ3v) is 4.90. The van der Waals surface area contributed by atoms with Crippen LogP contribution in [-0.4, -0.2) is 32.7 Å². The SMILES string of the molecule is Cc1ccc2nc(N3CCCC3)n3c(-c4ccccc4)nnc3c2c1. The number of anilines is 1. The Bertz CT molecular complexity index is 1060. The summed E-state index contributed by atoms with van der Waals surface area (Å²) >= 11 is 0. The molecule has 1 aliphatic heterocycles. The van der Waals surface area contributed by atoms with E-state index >= 15 is 0 Å². The third-order valence-electron chi connectivity index (χ3n) is 4.90. The van der Waals surface area contributed by atoms with Crippen molar-refractivity contribution >= 4 is 22.5 Å². The summed E-state index contributed by atoms with van der Waals surface area (Å²) < 4.78 is 2.13. The van der Waals surface area contributed by atoms with Crippen molar-refractivity contribution < 1.29 is 0 Å². The molecule has 0 amide bonds. The number of aromatic nitrogens is 4. The lowest BCUT2D eigenvalue weighted by molar-refractivity contribution is 0.886. The maximum Gasteiger partial charge on any atom is 0.213 e. The molecule has 4 aromatic rings. The Kier molecular flexibility index (Phi) is 3.20. The van der Waals surface area contributed by atoms with E-state index in [0.29, 0.717) is 0 Å². The molecule has 0 N–H and O–H groups in total. The van der Waals surface area contributed by atoms with Crippen molar-refractivity contribution in [2.45, 2.75) is 19.8 Å². The minimum Gasteiger partial charge on any atom is -0.342 e. The van der Waals surface area contributed by atoms with Crippen LogP contribution >= 0.6 is 0 Å². The van der Waals surface area contributed by atoms with Crippen LogP contribution in [0, 0.1) is 6.92 Å². The molecule has 5 rings (SSSR count). The van der Waals surface area contributed by atoms with Gasteiger partial charge < -0.3 is 4.90 Å². The van der Waals surface area contributed by atoms with E-state index in [4.69, 9.17) is 4.98 Å². The first-order chi connectivity index (χ1) is 12.3. The Balaban J connectivity index is 1.88. The van der Waals surface area contributed by atoms with Gasteiger partial charge in [0, 0.05) is 24.0 Å². The predicted molar refractivity (Wildman–Crippen MR) is 99.9 cm³/mol. The van der Waals surface area contributed by atoms with Gasteiger partial charge in [-0.1, -0.05) is 42.0 Å². The lowest BCUT2D eigenvalue weighted by Crippen LogP contribution is -2.22. The van der Waals surface area contributed by atoms with Gasteiger partial charge in [-0.05, 0) is 31.9 Å². The lowest BCUT2D eigenvalue weighted by atomic mass is 10.1. The highest BCUT2D eigenvalue weighted by molar-refractivity contribution is 5.94. The topological polar surface area (TPSA) is 46.3 Å². The van der Waals surface area contributed by atoms with Crippen LogP contribution in [0.25, 0.3) is 27.9 Å². The van der Waals surface area contributed by atoms with E-state index in [9.17, 15) is 0 Å². The highest BCUT2D eigenvalue weighted by atomic mass is 15.4. The molecule has 124 valence electrons. The van der Waals surface area contributed by atoms with E-state index in [1.165, 1.54) is 18.4 Å². The van der Waals surface area contributed by atoms with E-state index in [0.717, 1.165) is 47.0 Å². The summed E-state index contributed by atoms with van der Waals surface area (Å²) in [6.45, 7) is 4.16. The number of rotatable bonds is 2. The highest BCUT2D eigenvalue weighted by Gasteiger charge is 2.22. The Hall–Kier alpha value is -2.95. The maximum absolute atomic E-state index is 4.99. The summed E-state index contributed by atoms with van der Waals surface area (Å²) in [5.74, 6) is 1.81. The van der Waals surface area contributed by atoms with Gasteiger partial charge in [-0.3, -0.25) is 0 Å². The van der Waals surface area contributed by atoms with Crippen molar-refractivity contribution in [1.29, 1.82) is 0 Å². The van der Waals surface area contributed by atoms with Gasteiger partial charge in [0.15, 0.2) is 11.5 Å². The molecule has 0 unspecified atom stereocenters. The number of hydrogen-bond acceptors (Lipinski definition) is 4. The van der Waals surface area contributed by atoms with Crippen LogP contribution in [0.1, 0.15) is 18.4 Å². The maximum atomic E-state index is 4.99. The van der Waals surface area contributed by atoms with E-state index < -0.39 is 0 Å². The molecular formula is C20H19N5. The minimum absolute atomic E-state index is 0.855. The Labute approximate surface area is 145 Å². The third kappa shape index (κ3) is 2.27. The largest absolute Gasteiger partial charge is 0.342 e. The Morgan fingerprint density at radius 3 is 2.52 bits per heavy atom. The Morgan fingerprint density at radius 2 is 1.72 bits per heavy atom. The van der Waals surface area contributed by atoms with E-state index in [-0.39, 0.29) is 0 Å². The number of fused-ring (bicyclic) bond motifs is 3. The second kappa shape index (κ2) is 5.55. The fourth-order valence-electron chi connectivity index (χ4n) is 3.64. The monoisotopic (exact) mass is 329 g/mol. The molecule has 0 radical (unpaired) electrons. The average Bonchev–Trinajstić information content (AvgIpc) is 3.32. The fourth-order valence-corrected chi connectivity index (χ4v) is 3.64. The summed E-state index contributed by atoms with van der Waals surface area (Å²) in [4.78, 5) is 7.34. The second-order valence-corrected chi connectivity index (χ2v) is 6.68. The molecule has 1 aliphatic rings. The molecule has 0 aliphatic carbocycles. The van der Waals surface area contributed by atoms with Gasteiger partial charge in [0.25, 0.3) is 0 Å². The van der Waals surface area contributed by atoms with Gasteiger partial charge in [-0.25, -0.2) is 9.38 Å². The van der Waals surface area contributed by atoms with Gasteiger partial charge in [-0.2, -0.15) is 0 Å². The van der Waals surface area contributed by atoms with Crippen LogP contribution in [0.5, 0.6) is 0 Å². The second-order valence-electron chi connectivity index (χ2n) is 6.68. The average molecular weight is 329 g/mol. The van der Waals surface area contributed by atoms with Gasteiger partial charge >= 0.3 is 0 Å². The molecule has 5 heteroatoms. The fraction of sp³-hybridized carbons (Fsp3) is 0.250. The minimum atomic E-state index is 0.855. The molecule has 2 aromatic carbocycles. The predicted octanol–water partition coefficient (Wildman–Crippen LogP) is 3.85. The molecule has 1 fully saturated rings. The zero-order valence-electron chi connectivity index (χ0n) is 14.2. The van der Waals surface area contributed by atoms with Crippen LogP contribution in [0.3, 0.4) is 0 Å². The van der Waals surface area contributed by atoms with E-state index in [1.54, 1.807) is 0 Å². The van der Waals surface area contributed by atoms with Crippen molar-refractivity contribution in [3.05, 3.63) is 54.1 Å². The summed E-state index contributed by atoms with van der Waals surface area (Å²) in [6.07, 6.45) is 2.41. The first-order valence-corrected chi connectivity index (χ1v) is 8.77. The van der Waals surface area contributed by atoms with Crippen molar-refractivity contribution in [1.82, 2.24) is 19.6 Å². The number of nitrogens with zero attached hydrogens (tertiary/aromatic N) is 5. The van der Waals surface area contributed by atoms with Crippen molar-refractivity contribution in [2.75, 3.05) is 18.0 Å². The highest BCUT2D eigenvalue weighted by Crippen LogP contribution is 2.30. The van der Waals surface area contributed by atoms with Gasteiger partial charge in [0.05, 0.1) is 5.52 Å². The molecule has 0 spiro atoms. The molecule has 5 nitrogen and oxygen atoms in total. The molecule has 0 atom stereocenters. The van der Waals surface area contributed by atoms with Gasteiger partial charge in [0.2, 0.25) is 5.95 Å². The van der Waals surface area contributed by atoms with Crippen LogP contribution in [0.15, 0.2) is 48.5 Å². The lowest BCUT2D eigenvalue weighted by Gasteiger charge is -2.19. The first-order valence-electron chi connectivity index (χ1n) is 8.77. The van der Waals surface area contributed by atoms with E-state index in [2.05, 4.69) is 56.8 Å². The number of hydrogen-bond donors (Lipinski definition) is 0. The molecule has 3 heterocycles. The smallest absolute Gasteiger partial charge is 0.213 e. The molecule has 0 bridgehead atoms. The van der Waals surface area contributed by atoms with Crippen LogP contribution in [0.4, 0.5) is 5.95 Å². The molecule has 2 aromatic heterocycles. The summed E-state index contributed by atoms with van der Waals surface area (Å²) in [6, 6.07) is 16.6. The van der Waals surface area contributed by atoms with E-state index in [1.807, 2.05) is 18.2 Å². The summed E-state index contributed by atoms with van der Waals surface area (Å²) in [5, 5.41) is 10.1. The zero-order chi connectivity index (χ0) is 16.8. The van der Waals surface area contributed by atoms with Crippen LogP contribution in [0.2, 0.25) is 0 Å². The first kappa shape index (κ1) is 14.4. The van der Waals surface area contributed by atoms with Crippen molar-refractivity contribution in [2.24, 2.45) is 0 Å². The standard InChI is InChI=1S/C20H19N5/c1-14-9-10-17-16(13-14)19-23-22-18(15-7-3-2-4-8-15)25(19)20(21-17)24-11-5-6-12-24/h2-4,7-10,13H,5-6,11-12H2,1H3. The Morgan fingerprint density at radius 1 is 0.920 bits per heavy atom. The summed E-state index contributed by atoms with van der Waals surface area (Å²) in [5.41, 5.74) is 4.13. The zero-order valence-corrected chi connectivity index (χ0v) is 14.2. The molecule has 0 saturated carbocycles. The summed E-state index contributed by atoms with van der Waals surface area (Å²) in [7, 11) is 0. The van der Waals surface area contributed by atoms with Crippen LogP contribution < -0.4 is 4.90 Å². The normalized spacial score (nSPS) is 14.7. The van der Waals surface area contributed by atoms with Crippen LogP contribution in [-0.2, 0) is 0 Å². The van der Waals surface area contributed by atoms with Crippen molar-refractivity contribution in [3.63, 3.8) is 0 Å². The molecule has 1 saturated heterocycles. The molecular weight excluding hydrogens is 310 g/mol. The van der Waals surface area contributed by atoms with Crippen molar-refractivity contribution in [3.8, 4) is 11.4 Å². The quantitative estimate of drug-likeness (QED) is 0.560.